The summed E-state index contributed by atoms with van der Waals surface area (Å²) < 4.78 is 29.5. The van der Waals surface area contributed by atoms with Gasteiger partial charge >= 0.3 is 5.97 Å². The number of rotatable bonds is 6. The minimum absolute atomic E-state index is 0.350. The Morgan fingerprint density at radius 2 is 1.64 bits per heavy atom. The van der Waals surface area contributed by atoms with Crippen LogP contribution in [0.5, 0.6) is 0 Å². The standard InChI is InChI=1S/C17H18N2O5S/c1-24-17(21)13-8-10-14(11-9-13)18-16(20)12-19(25(2,22)23)15-6-4-3-5-7-15/h3-11H,12H2,1-2H3,(H,18,20). The van der Waals surface area contributed by atoms with E-state index in [-0.39, 0.29) is 6.54 Å². The summed E-state index contributed by atoms with van der Waals surface area (Å²) in [4.78, 5) is 23.6. The van der Waals surface area contributed by atoms with Crippen LogP contribution in [0, 0.1) is 0 Å². The zero-order valence-electron chi connectivity index (χ0n) is 13.8. The number of nitrogens with zero attached hydrogens (tertiary/aromatic N) is 1. The zero-order chi connectivity index (χ0) is 18.4. The number of para-hydroxylation sites is 1. The van der Waals surface area contributed by atoms with Gasteiger partial charge in [0.2, 0.25) is 15.9 Å². The van der Waals surface area contributed by atoms with Crippen molar-refractivity contribution in [3.8, 4) is 0 Å². The molecule has 0 fully saturated rings. The first kappa shape index (κ1) is 18.5. The molecule has 2 aromatic rings. The number of esters is 1. The summed E-state index contributed by atoms with van der Waals surface area (Å²) in [5.41, 5.74) is 1.20. The molecule has 25 heavy (non-hydrogen) atoms. The highest BCUT2D eigenvalue weighted by atomic mass is 32.2. The summed E-state index contributed by atoms with van der Waals surface area (Å²) in [6.07, 6.45) is 1.04. The smallest absolute Gasteiger partial charge is 0.337 e. The summed E-state index contributed by atoms with van der Waals surface area (Å²) in [6, 6.07) is 14.5. The number of benzene rings is 2. The van der Waals surface area contributed by atoms with Gasteiger partial charge < -0.3 is 10.1 Å². The Morgan fingerprint density at radius 1 is 1.04 bits per heavy atom. The van der Waals surface area contributed by atoms with Crippen molar-refractivity contribution >= 4 is 33.3 Å². The van der Waals surface area contributed by atoms with Crippen LogP contribution in [0.4, 0.5) is 11.4 Å². The van der Waals surface area contributed by atoms with Crippen molar-refractivity contribution in [2.24, 2.45) is 0 Å². The summed E-state index contributed by atoms with van der Waals surface area (Å²) in [5, 5.41) is 2.60. The third-order valence-electron chi connectivity index (χ3n) is 3.32. The lowest BCUT2D eigenvalue weighted by atomic mass is 10.2. The second kappa shape index (κ2) is 7.80. The van der Waals surface area contributed by atoms with Crippen molar-refractivity contribution in [1.82, 2.24) is 0 Å². The number of carbonyl (C=O) groups is 2. The second-order valence-electron chi connectivity index (χ2n) is 5.22. The molecule has 0 heterocycles. The van der Waals surface area contributed by atoms with E-state index in [0.717, 1.165) is 10.6 Å². The molecular weight excluding hydrogens is 344 g/mol. The Labute approximate surface area is 146 Å². The maximum atomic E-state index is 12.2. The molecule has 0 atom stereocenters. The molecule has 0 radical (unpaired) electrons. The molecule has 0 saturated carbocycles. The highest BCUT2D eigenvalue weighted by molar-refractivity contribution is 7.92. The van der Waals surface area contributed by atoms with Gasteiger partial charge in [-0.2, -0.15) is 0 Å². The minimum Gasteiger partial charge on any atom is -0.465 e. The summed E-state index contributed by atoms with van der Waals surface area (Å²) in [6.45, 7) is -0.360. The molecule has 0 unspecified atom stereocenters. The van der Waals surface area contributed by atoms with Gasteiger partial charge in [0.25, 0.3) is 0 Å². The number of methoxy groups -OCH3 is 1. The number of carbonyl (C=O) groups excluding carboxylic acids is 2. The van der Waals surface area contributed by atoms with E-state index in [0.29, 0.717) is 16.9 Å². The van der Waals surface area contributed by atoms with Crippen LogP contribution in [-0.2, 0) is 19.6 Å². The lowest BCUT2D eigenvalue weighted by molar-refractivity contribution is -0.114. The predicted molar refractivity (Wildman–Crippen MR) is 95.0 cm³/mol. The van der Waals surface area contributed by atoms with E-state index in [9.17, 15) is 18.0 Å². The van der Waals surface area contributed by atoms with E-state index >= 15 is 0 Å². The first-order valence-corrected chi connectivity index (χ1v) is 9.17. The molecule has 0 aliphatic carbocycles. The maximum absolute atomic E-state index is 12.2. The first-order chi connectivity index (χ1) is 11.8. The van der Waals surface area contributed by atoms with Gasteiger partial charge in [0.05, 0.1) is 24.6 Å². The molecule has 0 aliphatic rings. The largest absolute Gasteiger partial charge is 0.465 e. The van der Waals surface area contributed by atoms with E-state index in [1.54, 1.807) is 30.3 Å². The average Bonchev–Trinajstić information content (AvgIpc) is 2.59. The maximum Gasteiger partial charge on any atom is 0.337 e. The predicted octanol–water partition coefficient (Wildman–Crippen LogP) is 1.88. The first-order valence-electron chi connectivity index (χ1n) is 7.32. The number of anilines is 2. The number of nitrogens with one attached hydrogen (secondary N) is 1. The molecular formula is C17H18N2O5S. The summed E-state index contributed by atoms with van der Waals surface area (Å²) in [7, 11) is -2.34. The van der Waals surface area contributed by atoms with Gasteiger partial charge in [0, 0.05) is 5.69 Å². The lowest BCUT2D eigenvalue weighted by Gasteiger charge is -2.21. The fourth-order valence-electron chi connectivity index (χ4n) is 2.13. The Kier molecular flexibility index (Phi) is 5.76. The van der Waals surface area contributed by atoms with Gasteiger partial charge in [-0.15, -0.1) is 0 Å². The van der Waals surface area contributed by atoms with Crippen LogP contribution >= 0.6 is 0 Å². The molecule has 2 rings (SSSR count). The number of hydrogen-bond donors (Lipinski definition) is 1. The van der Waals surface area contributed by atoms with Gasteiger partial charge in [0.15, 0.2) is 0 Å². The van der Waals surface area contributed by atoms with E-state index in [1.807, 2.05) is 0 Å². The van der Waals surface area contributed by atoms with Crippen LogP contribution in [0.2, 0.25) is 0 Å². The van der Waals surface area contributed by atoms with Gasteiger partial charge in [-0.25, -0.2) is 13.2 Å². The van der Waals surface area contributed by atoms with Crippen molar-refractivity contribution in [3.05, 3.63) is 60.2 Å². The number of hydrogen-bond acceptors (Lipinski definition) is 5. The van der Waals surface area contributed by atoms with Crippen molar-refractivity contribution in [3.63, 3.8) is 0 Å². The number of sulfonamides is 1. The lowest BCUT2D eigenvalue weighted by Crippen LogP contribution is -2.37. The molecule has 132 valence electrons. The third-order valence-corrected chi connectivity index (χ3v) is 4.46. The highest BCUT2D eigenvalue weighted by Crippen LogP contribution is 2.17. The number of amides is 1. The molecule has 0 bridgehead atoms. The van der Waals surface area contributed by atoms with E-state index in [4.69, 9.17) is 0 Å². The number of ether oxygens (including phenoxy) is 1. The highest BCUT2D eigenvalue weighted by Gasteiger charge is 2.20. The Balaban J connectivity index is 2.10. The quantitative estimate of drug-likeness (QED) is 0.792. The normalized spacial score (nSPS) is 10.8. The monoisotopic (exact) mass is 362 g/mol. The Hall–Kier alpha value is -2.87. The van der Waals surface area contributed by atoms with E-state index in [2.05, 4.69) is 10.1 Å². The van der Waals surface area contributed by atoms with Crippen molar-refractivity contribution in [2.75, 3.05) is 29.5 Å². The molecule has 2 aromatic carbocycles. The fraction of sp³-hybridized carbons (Fsp3) is 0.176. The topological polar surface area (TPSA) is 92.8 Å². The molecule has 0 spiro atoms. The fourth-order valence-corrected chi connectivity index (χ4v) is 2.99. The Morgan fingerprint density at radius 3 is 2.16 bits per heavy atom. The van der Waals surface area contributed by atoms with Crippen molar-refractivity contribution in [1.29, 1.82) is 0 Å². The van der Waals surface area contributed by atoms with E-state index in [1.165, 1.54) is 31.4 Å². The van der Waals surface area contributed by atoms with Crippen molar-refractivity contribution < 1.29 is 22.7 Å². The molecule has 0 aromatic heterocycles. The van der Waals surface area contributed by atoms with Crippen molar-refractivity contribution in [2.45, 2.75) is 0 Å². The molecule has 0 saturated heterocycles. The van der Waals surface area contributed by atoms with Crippen LogP contribution in [-0.4, -0.2) is 40.2 Å². The van der Waals surface area contributed by atoms with Crippen LogP contribution in [0.25, 0.3) is 0 Å². The van der Waals surface area contributed by atoms with Gasteiger partial charge in [-0.1, -0.05) is 18.2 Å². The molecule has 1 amide bonds. The summed E-state index contributed by atoms with van der Waals surface area (Å²) in [5.74, 6) is -0.981. The molecule has 0 aliphatic heterocycles. The van der Waals surface area contributed by atoms with Crippen LogP contribution in [0.15, 0.2) is 54.6 Å². The SMILES string of the molecule is COC(=O)c1ccc(NC(=O)CN(c2ccccc2)S(C)(=O)=O)cc1. The van der Waals surface area contributed by atoms with Gasteiger partial charge in [-0.3, -0.25) is 9.10 Å². The average molecular weight is 362 g/mol. The van der Waals surface area contributed by atoms with Gasteiger partial charge in [-0.05, 0) is 36.4 Å². The Bertz CT molecular complexity index is 848. The van der Waals surface area contributed by atoms with E-state index < -0.39 is 21.9 Å². The molecule has 8 heteroatoms. The van der Waals surface area contributed by atoms with Crippen LogP contribution in [0.1, 0.15) is 10.4 Å². The molecule has 7 nitrogen and oxygen atoms in total. The van der Waals surface area contributed by atoms with Crippen LogP contribution < -0.4 is 9.62 Å². The van der Waals surface area contributed by atoms with Gasteiger partial charge in [0.1, 0.15) is 6.54 Å². The second-order valence-corrected chi connectivity index (χ2v) is 7.13. The minimum atomic E-state index is -3.62. The molecule has 1 N–H and O–H groups in total. The van der Waals surface area contributed by atoms with Crippen LogP contribution in [0.3, 0.4) is 0 Å². The third kappa shape index (κ3) is 5.05. The zero-order valence-corrected chi connectivity index (χ0v) is 14.6. The summed E-state index contributed by atoms with van der Waals surface area (Å²) >= 11 is 0.